The van der Waals surface area contributed by atoms with Gasteiger partial charge < -0.3 is 5.11 Å². The quantitative estimate of drug-likeness (QED) is 0.785. The molecule has 16 heavy (non-hydrogen) atoms. The van der Waals surface area contributed by atoms with Crippen LogP contribution < -0.4 is 0 Å². The van der Waals surface area contributed by atoms with Gasteiger partial charge in [0.2, 0.25) is 0 Å². The average Bonchev–Trinajstić information content (AvgIpc) is 2.26. The molecule has 1 aliphatic heterocycles. The fraction of sp³-hybridized carbons (Fsp3) is 0.923. The fourth-order valence-electron chi connectivity index (χ4n) is 2.35. The maximum Gasteiger partial charge on any atom is 0.320 e. The molecule has 94 valence electrons. The summed E-state index contributed by atoms with van der Waals surface area (Å²) in [5.74, 6) is 0.913. The lowest BCUT2D eigenvalue weighted by molar-refractivity contribution is -0.143. The van der Waals surface area contributed by atoms with Gasteiger partial charge in [-0.1, -0.05) is 26.7 Å². The summed E-state index contributed by atoms with van der Waals surface area (Å²) in [6.45, 7) is 8.23. The molecule has 1 unspecified atom stereocenters. The number of carbonyl (C=O) groups is 1. The molecule has 0 aromatic rings. The lowest BCUT2D eigenvalue weighted by Crippen LogP contribution is -2.43. The molecule has 0 amide bonds. The molecule has 1 saturated heterocycles. The van der Waals surface area contributed by atoms with E-state index in [0.29, 0.717) is 0 Å². The van der Waals surface area contributed by atoms with Crippen molar-refractivity contribution in [2.75, 3.05) is 13.1 Å². The van der Waals surface area contributed by atoms with E-state index >= 15 is 0 Å². The van der Waals surface area contributed by atoms with Crippen LogP contribution in [0.3, 0.4) is 0 Å². The molecule has 1 N–H and O–H groups in total. The molecule has 0 aromatic carbocycles. The van der Waals surface area contributed by atoms with Crippen molar-refractivity contribution in [2.45, 2.75) is 52.5 Å². The van der Waals surface area contributed by atoms with Gasteiger partial charge >= 0.3 is 5.97 Å². The molecule has 1 rings (SSSR count). The molecule has 0 spiro atoms. The van der Waals surface area contributed by atoms with Crippen molar-refractivity contribution in [3.8, 4) is 0 Å². The van der Waals surface area contributed by atoms with Crippen molar-refractivity contribution in [3.63, 3.8) is 0 Å². The van der Waals surface area contributed by atoms with Gasteiger partial charge in [-0.3, -0.25) is 9.69 Å². The number of likely N-dealkylation sites (tertiary alicyclic amines) is 1. The number of carboxylic acids is 1. The van der Waals surface area contributed by atoms with E-state index in [1.54, 1.807) is 6.92 Å². The zero-order valence-corrected chi connectivity index (χ0v) is 10.8. The molecular formula is C13H25NO2. The minimum absolute atomic E-state index is 0.314. The van der Waals surface area contributed by atoms with Gasteiger partial charge in [-0.25, -0.2) is 0 Å². The Labute approximate surface area is 98.8 Å². The van der Waals surface area contributed by atoms with Crippen LogP contribution in [0.4, 0.5) is 0 Å². The normalized spacial score (nSPS) is 21.2. The molecule has 1 atom stereocenters. The Morgan fingerprint density at radius 2 is 1.88 bits per heavy atom. The molecular weight excluding hydrogens is 202 g/mol. The number of piperidine rings is 1. The van der Waals surface area contributed by atoms with Gasteiger partial charge in [0.05, 0.1) is 0 Å². The predicted molar refractivity (Wildman–Crippen MR) is 65.5 cm³/mol. The SMILES string of the molecule is CC(C)CCC1CCN(C(C)C(=O)O)CC1. The van der Waals surface area contributed by atoms with E-state index in [1.807, 2.05) is 0 Å². The van der Waals surface area contributed by atoms with E-state index in [4.69, 9.17) is 5.11 Å². The highest BCUT2D eigenvalue weighted by molar-refractivity contribution is 5.72. The van der Waals surface area contributed by atoms with Gasteiger partial charge in [0.25, 0.3) is 0 Å². The molecule has 0 aliphatic carbocycles. The molecule has 0 aromatic heterocycles. The van der Waals surface area contributed by atoms with Gasteiger partial charge in [-0.15, -0.1) is 0 Å². The van der Waals surface area contributed by atoms with Crippen LogP contribution in [0.5, 0.6) is 0 Å². The number of carboxylic acid groups (broad SMARTS) is 1. The predicted octanol–water partition coefficient (Wildman–Crippen LogP) is 2.61. The third kappa shape index (κ3) is 4.12. The second-order valence-electron chi connectivity index (χ2n) is 5.46. The Hall–Kier alpha value is -0.570. The van der Waals surface area contributed by atoms with Crippen molar-refractivity contribution in [1.29, 1.82) is 0 Å². The minimum Gasteiger partial charge on any atom is -0.480 e. The van der Waals surface area contributed by atoms with Crippen molar-refractivity contribution in [2.24, 2.45) is 11.8 Å². The second-order valence-corrected chi connectivity index (χ2v) is 5.46. The number of nitrogens with zero attached hydrogens (tertiary/aromatic N) is 1. The molecule has 0 bridgehead atoms. The summed E-state index contributed by atoms with van der Waals surface area (Å²) in [4.78, 5) is 12.9. The molecule has 0 saturated carbocycles. The molecule has 1 fully saturated rings. The standard InChI is InChI=1S/C13H25NO2/c1-10(2)4-5-12-6-8-14(9-7-12)11(3)13(15)16/h10-12H,4-9H2,1-3H3,(H,15,16). The molecule has 3 heteroatoms. The van der Waals surface area contributed by atoms with E-state index in [1.165, 1.54) is 25.7 Å². The smallest absolute Gasteiger partial charge is 0.320 e. The van der Waals surface area contributed by atoms with Gasteiger partial charge in [-0.05, 0) is 44.7 Å². The van der Waals surface area contributed by atoms with Crippen LogP contribution in [0.15, 0.2) is 0 Å². The molecule has 1 aliphatic rings. The molecule has 1 heterocycles. The first-order valence-corrected chi connectivity index (χ1v) is 6.47. The van der Waals surface area contributed by atoms with Crippen molar-refractivity contribution in [1.82, 2.24) is 4.90 Å². The minimum atomic E-state index is -0.694. The first-order valence-electron chi connectivity index (χ1n) is 6.47. The topological polar surface area (TPSA) is 40.5 Å². The largest absolute Gasteiger partial charge is 0.480 e. The summed E-state index contributed by atoms with van der Waals surface area (Å²) in [6, 6.07) is -0.314. The van der Waals surface area contributed by atoms with Crippen LogP contribution in [0, 0.1) is 11.8 Å². The lowest BCUT2D eigenvalue weighted by Gasteiger charge is -2.34. The highest BCUT2D eigenvalue weighted by Gasteiger charge is 2.25. The highest BCUT2D eigenvalue weighted by Crippen LogP contribution is 2.24. The Bertz CT molecular complexity index is 220. The van der Waals surface area contributed by atoms with Crippen LogP contribution in [0.2, 0.25) is 0 Å². The number of aliphatic carboxylic acids is 1. The molecule has 0 radical (unpaired) electrons. The molecule has 3 nitrogen and oxygen atoms in total. The van der Waals surface area contributed by atoms with Crippen LogP contribution in [0.1, 0.15) is 46.5 Å². The second kappa shape index (κ2) is 6.24. The monoisotopic (exact) mass is 227 g/mol. The maximum atomic E-state index is 10.9. The summed E-state index contributed by atoms with van der Waals surface area (Å²) in [7, 11) is 0. The van der Waals surface area contributed by atoms with Gasteiger partial charge in [0.15, 0.2) is 0 Å². The third-order valence-electron chi connectivity index (χ3n) is 3.71. The summed E-state index contributed by atoms with van der Waals surface area (Å²) in [5.41, 5.74) is 0. The van der Waals surface area contributed by atoms with E-state index in [2.05, 4.69) is 18.7 Å². The summed E-state index contributed by atoms with van der Waals surface area (Å²) in [6.07, 6.45) is 4.96. The summed E-state index contributed by atoms with van der Waals surface area (Å²) in [5, 5.41) is 8.93. The van der Waals surface area contributed by atoms with E-state index in [-0.39, 0.29) is 6.04 Å². The van der Waals surface area contributed by atoms with Crippen LogP contribution in [0.25, 0.3) is 0 Å². The number of hydrogen-bond acceptors (Lipinski definition) is 2. The average molecular weight is 227 g/mol. The van der Waals surface area contributed by atoms with Crippen molar-refractivity contribution < 1.29 is 9.90 Å². The summed E-state index contributed by atoms with van der Waals surface area (Å²) < 4.78 is 0. The van der Waals surface area contributed by atoms with Gasteiger partial charge in [-0.2, -0.15) is 0 Å². The van der Waals surface area contributed by atoms with Gasteiger partial charge in [0.1, 0.15) is 6.04 Å². The Balaban J connectivity index is 2.25. The Kier molecular flexibility index (Phi) is 5.26. The fourth-order valence-corrected chi connectivity index (χ4v) is 2.35. The van der Waals surface area contributed by atoms with Crippen LogP contribution >= 0.6 is 0 Å². The van der Waals surface area contributed by atoms with Crippen molar-refractivity contribution >= 4 is 5.97 Å². The van der Waals surface area contributed by atoms with Crippen LogP contribution in [-0.4, -0.2) is 35.1 Å². The van der Waals surface area contributed by atoms with Gasteiger partial charge in [0, 0.05) is 0 Å². The number of hydrogen-bond donors (Lipinski definition) is 1. The Morgan fingerprint density at radius 3 is 2.31 bits per heavy atom. The lowest BCUT2D eigenvalue weighted by atomic mass is 9.89. The van der Waals surface area contributed by atoms with Crippen LogP contribution in [-0.2, 0) is 4.79 Å². The number of rotatable bonds is 5. The first kappa shape index (κ1) is 13.5. The maximum absolute atomic E-state index is 10.9. The van der Waals surface area contributed by atoms with E-state index in [9.17, 15) is 4.79 Å². The zero-order valence-electron chi connectivity index (χ0n) is 10.8. The highest BCUT2D eigenvalue weighted by atomic mass is 16.4. The Morgan fingerprint density at radius 1 is 1.31 bits per heavy atom. The third-order valence-corrected chi connectivity index (χ3v) is 3.71. The van der Waals surface area contributed by atoms with Crippen molar-refractivity contribution in [3.05, 3.63) is 0 Å². The first-order chi connectivity index (χ1) is 7.50. The summed E-state index contributed by atoms with van der Waals surface area (Å²) >= 11 is 0. The zero-order chi connectivity index (χ0) is 12.1. The van der Waals surface area contributed by atoms with E-state index < -0.39 is 5.97 Å². The van der Waals surface area contributed by atoms with E-state index in [0.717, 1.165) is 24.9 Å².